The zero-order valence-electron chi connectivity index (χ0n) is 16.6. The van der Waals surface area contributed by atoms with Crippen molar-refractivity contribution in [2.75, 3.05) is 31.2 Å². The molecular formula is C22H24N4O3. The van der Waals surface area contributed by atoms with Gasteiger partial charge < -0.3 is 20.7 Å². The van der Waals surface area contributed by atoms with E-state index in [0.29, 0.717) is 24.4 Å². The smallest absolute Gasteiger partial charge is 0.248 e. The van der Waals surface area contributed by atoms with Gasteiger partial charge in [-0.15, -0.1) is 0 Å². The number of amides is 1. The highest BCUT2D eigenvalue weighted by Gasteiger charge is 2.48. The van der Waals surface area contributed by atoms with Gasteiger partial charge in [-0.1, -0.05) is 26.0 Å². The van der Waals surface area contributed by atoms with E-state index in [1.165, 1.54) is 0 Å². The van der Waals surface area contributed by atoms with Crippen molar-refractivity contribution in [3.05, 3.63) is 58.5 Å². The van der Waals surface area contributed by atoms with Gasteiger partial charge in [0.05, 0.1) is 19.3 Å². The lowest BCUT2D eigenvalue weighted by Gasteiger charge is -2.35. The van der Waals surface area contributed by atoms with Crippen LogP contribution in [0.3, 0.4) is 0 Å². The molecule has 2 aliphatic heterocycles. The van der Waals surface area contributed by atoms with E-state index in [4.69, 9.17) is 10.5 Å². The van der Waals surface area contributed by atoms with Crippen molar-refractivity contribution in [2.24, 2.45) is 11.7 Å². The van der Waals surface area contributed by atoms with E-state index in [2.05, 4.69) is 29.0 Å². The number of anilines is 1. The molecule has 4 aliphatic rings. The number of hydrogen-bond donors (Lipinski definition) is 2. The Kier molecular flexibility index (Phi) is 3.93. The molecule has 1 aromatic heterocycles. The van der Waals surface area contributed by atoms with Gasteiger partial charge in [0.1, 0.15) is 5.82 Å². The highest BCUT2D eigenvalue weighted by atomic mass is 16.5. The number of carbonyl (C=O) groups is 2. The Morgan fingerprint density at radius 2 is 2.10 bits per heavy atom. The molecule has 0 bridgehead atoms. The van der Waals surface area contributed by atoms with Crippen LogP contribution in [0.25, 0.3) is 0 Å². The predicted octanol–water partition coefficient (Wildman–Crippen LogP) is 1.22. The summed E-state index contributed by atoms with van der Waals surface area (Å²) in [6.07, 6.45) is 7.18. The maximum absolute atomic E-state index is 13.4. The third-order valence-corrected chi connectivity index (χ3v) is 6.44. The number of aromatic nitrogens is 1. The minimum atomic E-state index is -0.459. The second kappa shape index (κ2) is 6.29. The molecule has 2 atom stereocenters. The summed E-state index contributed by atoms with van der Waals surface area (Å²) in [6.45, 7) is 7.21. The molecular weight excluding hydrogens is 368 g/mol. The normalized spacial score (nSPS) is 27.0. The first-order chi connectivity index (χ1) is 13.9. The van der Waals surface area contributed by atoms with Crippen molar-refractivity contribution in [1.29, 1.82) is 0 Å². The summed E-state index contributed by atoms with van der Waals surface area (Å²) in [5.74, 6) is 0.325. The number of fused-ring (bicyclic) bond motifs is 3. The zero-order valence-corrected chi connectivity index (χ0v) is 16.6. The number of primary amides is 1. The molecule has 29 heavy (non-hydrogen) atoms. The maximum atomic E-state index is 13.4. The molecule has 1 saturated heterocycles. The van der Waals surface area contributed by atoms with Crippen LogP contribution < -0.4 is 16.0 Å². The summed E-state index contributed by atoms with van der Waals surface area (Å²) in [5.41, 5.74) is 8.87. The van der Waals surface area contributed by atoms with Gasteiger partial charge in [-0.3, -0.25) is 9.59 Å². The van der Waals surface area contributed by atoms with Crippen LogP contribution in [0.1, 0.15) is 29.8 Å². The molecule has 0 aromatic carbocycles. The highest BCUT2D eigenvalue weighted by Crippen LogP contribution is 2.47. The number of ketones is 1. The number of carbonyl (C=O) groups excluding carboxylic acids is 2. The Hall–Kier alpha value is -2.93. The number of nitrogens with zero attached hydrogens (tertiary/aromatic N) is 2. The number of pyridine rings is 1. The molecule has 2 unspecified atom stereocenters. The van der Waals surface area contributed by atoms with Crippen LogP contribution in [-0.2, 0) is 14.9 Å². The van der Waals surface area contributed by atoms with Gasteiger partial charge in [-0.05, 0) is 17.7 Å². The van der Waals surface area contributed by atoms with E-state index in [9.17, 15) is 9.59 Å². The van der Waals surface area contributed by atoms with E-state index < -0.39 is 5.91 Å². The molecule has 3 heterocycles. The molecule has 3 N–H and O–H groups in total. The van der Waals surface area contributed by atoms with Gasteiger partial charge in [-0.2, -0.15) is 0 Å². The minimum absolute atomic E-state index is 0.0101. The minimum Gasteiger partial charge on any atom is -0.380 e. The van der Waals surface area contributed by atoms with Crippen LogP contribution in [0, 0.1) is 5.92 Å². The van der Waals surface area contributed by atoms with Gasteiger partial charge >= 0.3 is 0 Å². The molecule has 1 amide bonds. The van der Waals surface area contributed by atoms with Crippen LogP contribution in [0.15, 0.2) is 47.3 Å². The van der Waals surface area contributed by atoms with Crippen LogP contribution in [-0.4, -0.2) is 49.0 Å². The van der Waals surface area contributed by atoms with Gasteiger partial charge in [0.25, 0.3) is 0 Å². The quantitative estimate of drug-likeness (QED) is 0.785. The lowest BCUT2D eigenvalue weighted by Crippen LogP contribution is -2.39. The van der Waals surface area contributed by atoms with Crippen LogP contribution in [0.5, 0.6) is 0 Å². The van der Waals surface area contributed by atoms with E-state index in [1.807, 2.05) is 18.2 Å². The van der Waals surface area contributed by atoms with Crippen LogP contribution >= 0.6 is 0 Å². The second-order valence-corrected chi connectivity index (χ2v) is 8.47. The summed E-state index contributed by atoms with van der Waals surface area (Å²) in [6, 6.07) is 1.91. The number of rotatable bonds is 2. The average Bonchev–Trinajstić information content (AvgIpc) is 3.12. The molecule has 0 radical (unpaired) electrons. The number of nitrogens with two attached hydrogens (primary N) is 1. The van der Waals surface area contributed by atoms with Gasteiger partial charge in [0.2, 0.25) is 5.91 Å². The first-order valence-corrected chi connectivity index (χ1v) is 9.97. The fraction of sp³-hybridized carbons (Fsp3) is 0.409. The van der Waals surface area contributed by atoms with E-state index in [1.54, 1.807) is 12.3 Å². The second-order valence-electron chi connectivity index (χ2n) is 8.47. The van der Waals surface area contributed by atoms with Crippen molar-refractivity contribution in [3.63, 3.8) is 0 Å². The molecule has 7 heteroatoms. The van der Waals surface area contributed by atoms with E-state index in [0.717, 1.165) is 35.7 Å². The predicted molar refractivity (Wildman–Crippen MR) is 108 cm³/mol. The van der Waals surface area contributed by atoms with Crippen LogP contribution in [0.2, 0.25) is 0 Å². The summed E-state index contributed by atoms with van der Waals surface area (Å²) in [5, 5.41) is 3.51. The topological polar surface area (TPSA) is 97.6 Å². The maximum Gasteiger partial charge on any atom is 0.248 e. The van der Waals surface area contributed by atoms with Crippen molar-refractivity contribution >= 4 is 17.5 Å². The number of ether oxygens (including phenoxy) is 1. The summed E-state index contributed by atoms with van der Waals surface area (Å²) >= 11 is 0. The molecule has 2 aliphatic carbocycles. The largest absolute Gasteiger partial charge is 0.380 e. The number of morpholine rings is 1. The third kappa shape index (κ3) is 2.64. The van der Waals surface area contributed by atoms with Crippen molar-refractivity contribution in [3.8, 4) is 0 Å². The lowest BCUT2D eigenvalue weighted by atomic mass is 9.70. The fourth-order valence-corrected chi connectivity index (χ4v) is 4.83. The number of nitrogens with one attached hydrogen (secondary N) is 1. The standard InChI is InChI=1S/C22H24N4O3/c1-22(2)15-10-17(26-5-7-29-8-6-26)24-11-14(15)19(27)18-13-4-3-12(21(23)28)9-16(13)25-20(18)22/h3-4,9-11,13,16,25H,5-8H2,1-2H3,(H2,23,28). The zero-order chi connectivity index (χ0) is 20.3. The first kappa shape index (κ1) is 18.1. The van der Waals surface area contributed by atoms with Gasteiger partial charge in [-0.25, -0.2) is 4.98 Å². The molecule has 0 saturated carbocycles. The van der Waals surface area contributed by atoms with Gasteiger partial charge in [0, 0.05) is 53.0 Å². The van der Waals surface area contributed by atoms with E-state index in [-0.39, 0.29) is 23.2 Å². The SMILES string of the molecule is CC1(C)C2=C(C(=O)c3cnc(N4CCOCC4)cc31)C1C=CC(C(N)=O)=CC1N2. The molecule has 1 aromatic rings. The molecule has 0 spiro atoms. The summed E-state index contributed by atoms with van der Waals surface area (Å²) < 4.78 is 5.44. The Morgan fingerprint density at radius 1 is 1.34 bits per heavy atom. The molecule has 1 fully saturated rings. The Bertz CT molecular complexity index is 1010. The number of hydrogen-bond acceptors (Lipinski definition) is 6. The summed E-state index contributed by atoms with van der Waals surface area (Å²) in [4.78, 5) is 31.8. The highest BCUT2D eigenvalue weighted by molar-refractivity contribution is 6.13. The van der Waals surface area contributed by atoms with Crippen molar-refractivity contribution in [2.45, 2.75) is 25.3 Å². The Balaban J connectivity index is 1.55. The van der Waals surface area contributed by atoms with E-state index >= 15 is 0 Å². The van der Waals surface area contributed by atoms with Crippen molar-refractivity contribution < 1.29 is 14.3 Å². The summed E-state index contributed by atoms with van der Waals surface area (Å²) in [7, 11) is 0. The Morgan fingerprint density at radius 3 is 2.83 bits per heavy atom. The Labute approximate surface area is 169 Å². The lowest BCUT2D eigenvalue weighted by molar-refractivity contribution is -0.114. The molecule has 7 nitrogen and oxygen atoms in total. The average molecular weight is 392 g/mol. The number of allylic oxidation sites excluding steroid dienone is 1. The van der Waals surface area contributed by atoms with Gasteiger partial charge in [0.15, 0.2) is 5.78 Å². The molecule has 5 rings (SSSR count). The third-order valence-electron chi connectivity index (χ3n) is 6.44. The van der Waals surface area contributed by atoms with Crippen LogP contribution in [0.4, 0.5) is 5.82 Å². The monoisotopic (exact) mass is 392 g/mol. The number of Topliss-reactive ketones (excluding diaryl/α,β-unsaturated/α-hetero) is 1. The van der Waals surface area contributed by atoms with Crippen molar-refractivity contribution in [1.82, 2.24) is 10.3 Å². The first-order valence-electron chi connectivity index (χ1n) is 9.97. The molecule has 150 valence electrons. The fourth-order valence-electron chi connectivity index (χ4n) is 4.83.